The molecule has 1 fully saturated rings. The molecule has 3 rings (SSSR count). The number of aromatic nitrogens is 1. The van der Waals surface area contributed by atoms with Gasteiger partial charge in [0.2, 0.25) is 0 Å². The maximum Gasteiger partial charge on any atom is 0.183 e. The number of hydrogen-bond donors (Lipinski definition) is 1. The smallest absolute Gasteiger partial charge is 0.183 e. The second kappa shape index (κ2) is 4.74. The molecule has 0 amide bonds. The fourth-order valence-electron chi connectivity index (χ4n) is 2.40. The van der Waals surface area contributed by atoms with Gasteiger partial charge in [0, 0.05) is 11.3 Å². The van der Waals surface area contributed by atoms with Gasteiger partial charge >= 0.3 is 0 Å². The van der Waals surface area contributed by atoms with Crippen molar-refractivity contribution in [3.63, 3.8) is 0 Å². The van der Waals surface area contributed by atoms with Crippen LogP contribution in [0.2, 0.25) is 0 Å². The van der Waals surface area contributed by atoms with E-state index in [1.54, 1.807) is 11.3 Å². The van der Waals surface area contributed by atoms with Crippen molar-refractivity contribution in [3.05, 3.63) is 23.8 Å². The molecule has 0 aliphatic carbocycles. The van der Waals surface area contributed by atoms with E-state index >= 15 is 0 Å². The van der Waals surface area contributed by atoms with Crippen molar-refractivity contribution in [2.45, 2.75) is 31.4 Å². The van der Waals surface area contributed by atoms with Crippen molar-refractivity contribution >= 4 is 38.4 Å². The van der Waals surface area contributed by atoms with Crippen molar-refractivity contribution in [3.8, 4) is 0 Å². The summed E-state index contributed by atoms with van der Waals surface area (Å²) in [6, 6.07) is 6.38. The zero-order valence-electron chi connectivity index (χ0n) is 10.8. The van der Waals surface area contributed by atoms with Gasteiger partial charge in [-0.25, -0.2) is 4.98 Å². The van der Waals surface area contributed by atoms with E-state index in [0.717, 1.165) is 17.2 Å². The molecule has 2 aromatic rings. The van der Waals surface area contributed by atoms with Gasteiger partial charge in [0.25, 0.3) is 0 Å². The lowest BCUT2D eigenvalue weighted by molar-refractivity contribution is 0.634. The van der Waals surface area contributed by atoms with Crippen molar-refractivity contribution in [2.24, 2.45) is 0 Å². The van der Waals surface area contributed by atoms with Crippen LogP contribution in [0.15, 0.2) is 18.2 Å². The minimum atomic E-state index is 0.396. The van der Waals surface area contributed by atoms with Crippen molar-refractivity contribution in [2.75, 3.05) is 17.6 Å². The molecular weight excluding hydrogens is 260 g/mol. The third-order valence-electron chi connectivity index (χ3n) is 3.53. The van der Waals surface area contributed by atoms with E-state index in [0.29, 0.717) is 4.75 Å². The summed E-state index contributed by atoms with van der Waals surface area (Å²) in [5, 5.41) is 4.59. The predicted octanol–water partition coefficient (Wildman–Crippen LogP) is 4.30. The molecule has 96 valence electrons. The van der Waals surface area contributed by atoms with E-state index in [1.165, 1.54) is 28.9 Å². The van der Waals surface area contributed by atoms with Gasteiger partial charge in [-0.1, -0.05) is 23.5 Å². The number of para-hydroxylation sites is 1. The molecule has 1 aliphatic heterocycles. The van der Waals surface area contributed by atoms with Crippen LogP contribution >= 0.6 is 23.1 Å². The fourth-order valence-corrected chi connectivity index (χ4v) is 4.58. The lowest BCUT2D eigenvalue weighted by Gasteiger charge is -2.22. The number of fused-ring (bicyclic) bond motifs is 1. The number of nitrogens with zero attached hydrogens (tertiary/aromatic N) is 1. The number of aryl methyl sites for hydroxylation is 1. The summed E-state index contributed by atoms with van der Waals surface area (Å²) in [4.78, 5) is 4.70. The molecule has 1 aromatic carbocycles. The fraction of sp³-hybridized carbons (Fsp3) is 0.500. The Morgan fingerprint density at radius 3 is 3.06 bits per heavy atom. The third kappa shape index (κ3) is 2.36. The molecule has 2 nitrogen and oxygen atoms in total. The summed E-state index contributed by atoms with van der Waals surface area (Å²) in [7, 11) is 0. The van der Waals surface area contributed by atoms with Gasteiger partial charge in [-0.15, -0.1) is 0 Å². The van der Waals surface area contributed by atoms with Crippen LogP contribution in [0, 0.1) is 6.92 Å². The molecule has 0 spiro atoms. The van der Waals surface area contributed by atoms with Gasteiger partial charge in [0.05, 0.1) is 10.2 Å². The van der Waals surface area contributed by atoms with E-state index in [1.807, 2.05) is 0 Å². The van der Waals surface area contributed by atoms with Gasteiger partial charge in [-0.2, -0.15) is 11.8 Å². The molecule has 1 aliphatic rings. The molecule has 4 heteroatoms. The Morgan fingerprint density at radius 2 is 2.33 bits per heavy atom. The first-order chi connectivity index (χ1) is 8.66. The van der Waals surface area contributed by atoms with E-state index in [2.05, 4.69) is 49.1 Å². The molecule has 1 unspecified atom stereocenters. The Bertz CT molecular complexity index is 556. The number of thiazole rings is 1. The van der Waals surface area contributed by atoms with Gasteiger partial charge in [-0.3, -0.25) is 0 Å². The van der Waals surface area contributed by atoms with Crippen LogP contribution in [0.25, 0.3) is 10.2 Å². The summed E-state index contributed by atoms with van der Waals surface area (Å²) >= 11 is 3.85. The van der Waals surface area contributed by atoms with Gasteiger partial charge < -0.3 is 5.32 Å². The van der Waals surface area contributed by atoms with Crippen molar-refractivity contribution in [1.82, 2.24) is 4.98 Å². The van der Waals surface area contributed by atoms with Gasteiger partial charge in [0.1, 0.15) is 0 Å². The Kier molecular flexibility index (Phi) is 3.24. The number of thioether (sulfide) groups is 1. The number of rotatable bonds is 3. The maximum absolute atomic E-state index is 4.70. The monoisotopic (exact) mass is 278 g/mol. The minimum absolute atomic E-state index is 0.396. The molecule has 1 saturated heterocycles. The Hall–Kier alpha value is -0.740. The van der Waals surface area contributed by atoms with Crippen LogP contribution < -0.4 is 5.32 Å². The topological polar surface area (TPSA) is 24.9 Å². The normalized spacial score (nSPS) is 23.7. The van der Waals surface area contributed by atoms with Crippen LogP contribution in [0.1, 0.15) is 25.3 Å². The van der Waals surface area contributed by atoms with E-state index in [9.17, 15) is 0 Å². The van der Waals surface area contributed by atoms with Crippen LogP contribution in [0.3, 0.4) is 0 Å². The highest BCUT2D eigenvalue weighted by atomic mass is 32.2. The Morgan fingerprint density at radius 1 is 1.44 bits per heavy atom. The summed E-state index contributed by atoms with van der Waals surface area (Å²) in [6.07, 6.45) is 2.66. The maximum atomic E-state index is 4.70. The molecule has 1 aromatic heterocycles. The third-order valence-corrected chi connectivity index (χ3v) is 6.05. The number of nitrogens with one attached hydrogen (secondary N) is 1. The summed E-state index contributed by atoms with van der Waals surface area (Å²) in [5.41, 5.74) is 2.41. The highest BCUT2D eigenvalue weighted by Crippen LogP contribution is 2.38. The van der Waals surface area contributed by atoms with Crippen LogP contribution in [0.4, 0.5) is 5.13 Å². The summed E-state index contributed by atoms with van der Waals surface area (Å²) < 4.78 is 1.68. The average Bonchev–Trinajstić information content (AvgIpc) is 2.94. The van der Waals surface area contributed by atoms with E-state index in [4.69, 9.17) is 4.98 Å². The second-order valence-corrected chi connectivity index (χ2v) is 7.91. The van der Waals surface area contributed by atoms with Crippen LogP contribution in [-0.2, 0) is 0 Å². The Labute approximate surface area is 116 Å². The molecule has 2 heterocycles. The molecule has 0 saturated carbocycles. The van der Waals surface area contributed by atoms with Crippen LogP contribution in [0.5, 0.6) is 0 Å². The van der Waals surface area contributed by atoms with E-state index < -0.39 is 0 Å². The zero-order chi connectivity index (χ0) is 12.6. The molecule has 0 bridgehead atoms. The van der Waals surface area contributed by atoms with E-state index in [-0.39, 0.29) is 0 Å². The quantitative estimate of drug-likeness (QED) is 0.906. The van der Waals surface area contributed by atoms with Crippen molar-refractivity contribution in [1.29, 1.82) is 0 Å². The first kappa shape index (κ1) is 12.3. The first-order valence-corrected chi connectivity index (χ1v) is 8.21. The number of benzene rings is 1. The number of hydrogen-bond acceptors (Lipinski definition) is 4. The first-order valence-electron chi connectivity index (χ1n) is 6.40. The highest BCUT2D eigenvalue weighted by molar-refractivity contribution is 8.00. The largest absolute Gasteiger partial charge is 0.360 e. The summed E-state index contributed by atoms with van der Waals surface area (Å²) in [6.45, 7) is 5.51. The van der Waals surface area contributed by atoms with Crippen LogP contribution in [-0.4, -0.2) is 22.0 Å². The highest BCUT2D eigenvalue weighted by Gasteiger charge is 2.29. The van der Waals surface area contributed by atoms with Crippen molar-refractivity contribution < 1.29 is 0 Å². The lowest BCUT2D eigenvalue weighted by Crippen LogP contribution is -2.26. The minimum Gasteiger partial charge on any atom is -0.360 e. The second-order valence-electron chi connectivity index (χ2n) is 5.20. The molecule has 1 atom stereocenters. The average molecular weight is 278 g/mol. The zero-order valence-corrected chi connectivity index (χ0v) is 12.5. The van der Waals surface area contributed by atoms with Gasteiger partial charge in [0.15, 0.2) is 5.13 Å². The number of anilines is 1. The molecule has 1 N–H and O–H groups in total. The standard InChI is InChI=1S/C14H18N2S2/c1-10-5-3-6-11-12(10)16-13(18-11)15-9-14(2)7-4-8-17-14/h3,5-6H,4,7-9H2,1-2H3,(H,15,16). The predicted molar refractivity (Wildman–Crippen MR) is 82.9 cm³/mol. The SMILES string of the molecule is Cc1cccc2sc(NCC3(C)CCCS3)nc12. The lowest BCUT2D eigenvalue weighted by atomic mass is 10.1. The molecule has 0 radical (unpaired) electrons. The molecular formula is C14H18N2S2. The Balaban J connectivity index is 1.77. The van der Waals surface area contributed by atoms with Gasteiger partial charge in [-0.05, 0) is 44.1 Å². The molecule has 18 heavy (non-hydrogen) atoms. The summed E-state index contributed by atoms with van der Waals surface area (Å²) in [5.74, 6) is 1.30.